The summed E-state index contributed by atoms with van der Waals surface area (Å²) in [5, 5.41) is 1.13. The first-order valence-electron chi connectivity index (χ1n) is 10.7. The first kappa shape index (κ1) is 22.0. The van der Waals surface area contributed by atoms with E-state index >= 15 is 0 Å². The highest BCUT2D eigenvalue weighted by atomic mass is 79.9. The van der Waals surface area contributed by atoms with E-state index < -0.39 is 17.4 Å². The van der Waals surface area contributed by atoms with Gasteiger partial charge in [-0.2, -0.15) is 0 Å². The first-order valence-corrected chi connectivity index (χ1v) is 11.8. The zero-order chi connectivity index (χ0) is 19.5. The molecule has 0 radical (unpaired) electrons. The summed E-state index contributed by atoms with van der Waals surface area (Å²) in [7, 11) is 0. The van der Waals surface area contributed by atoms with E-state index in [-0.39, 0.29) is 18.3 Å². The fourth-order valence-corrected chi connectivity index (χ4v) is 4.91. The van der Waals surface area contributed by atoms with Crippen molar-refractivity contribution in [3.63, 3.8) is 0 Å². The molecule has 0 aromatic rings. The zero-order valence-corrected chi connectivity index (χ0v) is 19.0. The fourth-order valence-electron chi connectivity index (χ4n) is 4.51. The van der Waals surface area contributed by atoms with Crippen molar-refractivity contribution < 1.29 is 23.7 Å². The van der Waals surface area contributed by atoms with Crippen LogP contribution in [0.5, 0.6) is 0 Å². The molecule has 4 atom stereocenters. The molecule has 5 nitrogen and oxygen atoms in total. The average molecular weight is 449 g/mol. The van der Waals surface area contributed by atoms with Crippen LogP contribution in [-0.2, 0) is 23.7 Å². The molecule has 27 heavy (non-hydrogen) atoms. The Hall–Kier alpha value is 0.280. The molecule has 0 aromatic carbocycles. The van der Waals surface area contributed by atoms with Crippen LogP contribution < -0.4 is 0 Å². The van der Waals surface area contributed by atoms with Crippen LogP contribution in [0, 0.1) is 0 Å². The van der Waals surface area contributed by atoms with Crippen molar-refractivity contribution in [3.8, 4) is 0 Å². The third-order valence-corrected chi connectivity index (χ3v) is 6.26. The van der Waals surface area contributed by atoms with Crippen molar-refractivity contribution in [2.24, 2.45) is 0 Å². The number of halogens is 1. The molecular weight excluding hydrogens is 412 g/mol. The van der Waals surface area contributed by atoms with Gasteiger partial charge in [0.25, 0.3) is 0 Å². The van der Waals surface area contributed by atoms with Crippen molar-refractivity contribution in [1.29, 1.82) is 0 Å². The Kier molecular flexibility index (Phi) is 7.30. The van der Waals surface area contributed by atoms with Crippen LogP contribution in [0.2, 0.25) is 0 Å². The smallest absolute Gasteiger partial charge is 0.201 e. The predicted molar refractivity (Wildman–Crippen MR) is 108 cm³/mol. The Morgan fingerprint density at radius 2 is 1.41 bits per heavy atom. The third-order valence-electron chi connectivity index (χ3n) is 5.70. The molecular formula is C21H37BrO5. The van der Waals surface area contributed by atoms with Crippen molar-refractivity contribution in [2.75, 3.05) is 11.9 Å². The number of rotatable bonds is 10. The van der Waals surface area contributed by atoms with E-state index in [2.05, 4.69) is 15.9 Å². The van der Waals surface area contributed by atoms with E-state index in [4.69, 9.17) is 23.7 Å². The molecule has 0 aromatic heterocycles. The molecule has 6 heteroatoms. The summed E-state index contributed by atoms with van der Waals surface area (Å²) in [5.41, 5.74) is 0. The maximum Gasteiger partial charge on any atom is 0.201 e. The molecule has 0 saturated carbocycles. The maximum absolute atomic E-state index is 6.38. The molecule has 0 N–H and O–H groups in total. The lowest BCUT2D eigenvalue weighted by Gasteiger charge is -2.38. The van der Waals surface area contributed by atoms with Gasteiger partial charge in [0.1, 0.15) is 18.3 Å². The second kappa shape index (κ2) is 8.97. The van der Waals surface area contributed by atoms with Gasteiger partial charge < -0.3 is 23.7 Å². The van der Waals surface area contributed by atoms with Crippen LogP contribution in [0.25, 0.3) is 0 Å². The Morgan fingerprint density at radius 3 is 2.07 bits per heavy atom. The van der Waals surface area contributed by atoms with E-state index in [1.54, 1.807) is 0 Å². The highest BCUT2D eigenvalue weighted by molar-refractivity contribution is 9.09. The second-order valence-electron chi connectivity index (χ2n) is 9.07. The summed E-state index contributed by atoms with van der Waals surface area (Å²) < 4.78 is 30.9. The average Bonchev–Trinajstić information content (AvgIpc) is 3.00. The topological polar surface area (TPSA) is 46.2 Å². The third kappa shape index (κ3) is 5.46. The van der Waals surface area contributed by atoms with Crippen LogP contribution >= 0.6 is 15.9 Å². The maximum atomic E-state index is 6.38. The standard InChI is InChI=1S/C21H37BrO5/c1-19(2)23-15-16-17(25-19)18-21(24-16,27-20(3,4)26-18)13-11-9-7-5-6-8-10-12-14-22/h16-18H,5-15H2,1-4H3/t16-,17+,18-,21-/m0/s1. The van der Waals surface area contributed by atoms with Crippen LogP contribution in [0.3, 0.4) is 0 Å². The van der Waals surface area contributed by atoms with Crippen molar-refractivity contribution in [3.05, 3.63) is 0 Å². The molecule has 0 aliphatic carbocycles. The van der Waals surface area contributed by atoms with E-state index in [1.165, 1.54) is 44.9 Å². The van der Waals surface area contributed by atoms with Crippen LogP contribution in [0.4, 0.5) is 0 Å². The highest BCUT2D eigenvalue weighted by Gasteiger charge is 2.66. The molecule has 3 saturated heterocycles. The van der Waals surface area contributed by atoms with E-state index in [9.17, 15) is 0 Å². The largest absolute Gasteiger partial charge is 0.348 e. The summed E-state index contributed by atoms with van der Waals surface area (Å²) in [6.45, 7) is 8.34. The minimum atomic E-state index is -0.696. The van der Waals surface area contributed by atoms with Crippen LogP contribution in [0.15, 0.2) is 0 Å². The molecule has 3 rings (SSSR count). The van der Waals surface area contributed by atoms with E-state index in [0.717, 1.165) is 18.2 Å². The lowest BCUT2D eigenvalue weighted by molar-refractivity contribution is -0.328. The molecule has 0 unspecified atom stereocenters. The van der Waals surface area contributed by atoms with Gasteiger partial charge in [0.15, 0.2) is 11.6 Å². The second-order valence-corrected chi connectivity index (χ2v) is 9.86. The van der Waals surface area contributed by atoms with E-state index in [1.807, 2.05) is 27.7 Å². The molecule has 158 valence electrons. The van der Waals surface area contributed by atoms with Gasteiger partial charge in [0.2, 0.25) is 5.79 Å². The van der Waals surface area contributed by atoms with Crippen molar-refractivity contribution >= 4 is 15.9 Å². The number of unbranched alkanes of at least 4 members (excludes halogenated alkanes) is 7. The zero-order valence-electron chi connectivity index (χ0n) is 17.4. The molecule has 3 aliphatic rings. The number of hydrogen-bond donors (Lipinski definition) is 0. The number of alkyl halides is 1. The summed E-state index contributed by atoms with van der Waals surface area (Å²) >= 11 is 3.49. The van der Waals surface area contributed by atoms with Gasteiger partial charge in [-0.3, -0.25) is 0 Å². The Bertz CT molecular complexity index is 483. The fraction of sp³-hybridized carbons (Fsp3) is 1.00. The van der Waals surface area contributed by atoms with Gasteiger partial charge in [-0.25, -0.2) is 0 Å². The summed E-state index contributed by atoms with van der Waals surface area (Å²) in [4.78, 5) is 0. The normalized spacial score (nSPS) is 36.6. The number of fused-ring (bicyclic) bond motifs is 3. The van der Waals surface area contributed by atoms with Crippen molar-refractivity contribution in [2.45, 2.75) is 121 Å². The predicted octanol–water partition coefficient (Wildman–Crippen LogP) is 5.29. The number of hydrogen-bond acceptors (Lipinski definition) is 5. The molecule has 0 amide bonds. The quantitative estimate of drug-likeness (QED) is 0.335. The Morgan fingerprint density at radius 1 is 0.778 bits per heavy atom. The minimum Gasteiger partial charge on any atom is -0.348 e. The molecule has 3 aliphatic heterocycles. The summed E-state index contributed by atoms with van der Waals surface area (Å²) in [6.07, 6.45) is 10.6. The van der Waals surface area contributed by atoms with Crippen LogP contribution in [0.1, 0.15) is 85.5 Å². The van der Waals surface area contributed by atoms with Gasteiger partial charge in [-0.05, 0) is 40.5 Å². The van der Waals surface area contributed by atoms with Gasteiger partial charge in [-0.15, -0.1) is 0 Å². The van der Waals surface area contributed by atoms with Crippen LogP contribution in [-0.4, -0.2) is 47.6 Å². The Balaban J connectivity index is 1.47. The summed E-state index contributed by atoms with van der Waals surface area (Å²) in [5.74, 6) is -1.94. The van der Waals surface area contributed by atoms with Crippen molar-refractivity contribution in [1.82, 2.24) is 0 Å². The van der Waals surface area contributed by atoms with E-state index in [0.29, 0.717) is 6.61 Å². The van der Waals surface area contributed by atoms with Gasteiger partial charge in [-0.1, -0.05) is 54.5 Å². The van der Waals surface area contributed by atoms with Gasteiger partial charge in [0, 0.05) is 11.8 Å². The first-order chi connectivity index (χ1) is 12.8. The molecule has 3 heterocycles. The monoisotopic (exact) mass is 448 g/mol. The molecule has 0 bridgehead atoms. The Labute approximate surface area is 172 Å². The summed E-state index contributed by atoms with van der Waals surface area (Å²) in [6, 6.07) is 0. The number of ether oxygens (including phenoxy) is 5. The van der Waals surface area contributed by atoms with Gasteiger partial charge in [0.05, 0.1) is 6.61 Å². The molecule has 0 spiro atoms. The molecule has 3 fully saturated rings. The minimum absolute atomic E-state index is 0.117. The van der Waals surface area contributed by atoms with Gasteiger partial charge >= 0.3 is 0 Å². The lowest BCUT2D eigenvalue weighted by Crippen LogP contribution is -2.51. The highest BCUT2D eigenvalue weighted by Crippen LogP contribution is 2.51. The SMILES string of the molecule is CC1(C)OC[C@@H]2O[C@@]3(CCCCCCCCCCBr)OC(C)(C)O[C@H]3[C@@H]2O1. The lowest BCUT2D eigenvalue weighted by atomic mass is 9.98.